The molecule has 2 aromatic heterocycles. The third-order valence-electron chi connectivity index (χ3n) is 3.23. The fraction of sp³-hybridized carbons (Fsp3) is 0.125. The number of sulfonamides is 1. The van der Waals surface area contributed by atoms with Crippen LogP contribution in [-0.4, -0.2) is 12.7 Å². The summed E-state index contributed by atoms with van der Waals surface area (Å²) in [6, 6.07) is 14.1. The minimum Gasteiger partial charge on any atom is -0.472 e. The molecule has 0 saturated carbocycles. The van der Waals surface area contributed by atoms with Gasteiger partial charge in [-0.15, -0.1) is 11.3 Å². The van der Waals surface area contributed by atoms with Crippen molar-refractivity contribution < 1.29 is 12.8 Å². The fourth-order valence-corrected chi connectivity index (χ4v) is 4.36. The van der Waals surface area contributed by atoms with Gasteiger partial charge in [0.1, 0.15) is 0 Å². The van der Waals surface area contributed by atoms with E-state index in [1.807, 2.05) is 17.5 Å². The van der Waals surface area contributed by atoms with Crippen LogP contribution in [-0.2, 0) is 23.1 Å². The van der Waals surface area contributed by atoms with Crippen molar-refractivity contribution in [3.05, 3.63) is 76.9 Å². The summed E-state index contributed by atoms with van der Waals surface area (Å²) in [5, 5.41) is 1.94. The summed E-state index contributed by atoms with van der Waals surface area (Å²) in [4.78, 5) is 1.30. The Hall–Kier alpha value is -1.89. The lowest BCUT2D eigenvalue weighted by Gasteiger charge is -2.21. The zero-order valence-corrected chi connectivity index (χ0v) is 13.4. The number of benzene rings is 1. The Bertz CT molecular complexity index is 758. The number of hydrogen-bond acceptors (Lipinski definition) is 4. The number of thiophene rings is 1. The van der Waals surface area contributed by atoms with Gasteiger partial charge in [-0.25, -0.2) is 8.42 Å². The second kappa shape index (κ2) is 6.48. The van der Waals surface area contributed by atoms with E-state index in [-0.39, 0.29) is 6.54 Å². The van der Waals surface area contributed by atoms with Crippen LogP contribution in [0.1, 0.15) is 10.4 Å². The van der Waals surface area contributed by atoms with E-state index in [1.165, 1.54) is 4.31 Å². The molecular weight excluding hydrogens is 318 g/mol. The maximum absolute atomic E-state index is 12.9. The van der Waals surface area contributed by atoms with Gasteiger partial charge in [-0.05, 0) is 29.6 Å². The molecule has 0 amide bonds. The van der Waals surface area contributed by atoms with E-state index in [1.54, 1.807) is 60.3 Å². The standard InChI is InChI=1S/C16H15NO3S2/c18-22(19,16-6-2-1-3-7-16)17(11-14-8-9-20-13-14)12-15-5-4-10-21-15/h1-10,13H,11-12H2. The minimum absolute atomic E-state index is 0.283. The van der Waals surface area contributed by atoms with Gasteiger partial charge in [0.25, 0.3) is 0 Å². The first-order chi connectivity index (χ1) is 10.7. The van der Waals surface area contributed by atoms with Gasteiger partial charge in [0.15, 0.2) is 0 Å². The molecule has 0 bridgehead atoms. The van der Waals surface area contributed by atoms with Crippen molar-refractivity contribution in [2.45, 2.75) is 18.0 Å². The van der Waals surface area contributed by atoms with E-state index in [9.17, 15) is 8.42 Å². The maximum Gasteiger partial charge on any atom is 0.243 e. The molecule has 0 spiro atoms. The van der Waals surface area contributed by atoms with Crippen molar-refractivity contribution in [3.63, 3.8) is 0 Å². The molecule has 4 nitrogen and oxygen atoms in total. The molecule has 0 saturated heterocycles. The molecular formula is C16H15NO3S2. The Kier molecular flexibility index (Phi) is 4.42. The van der Waals surface area contributed by atoms with Gasteiger partial charge in [-0.2, -0.15) is 4.31 Å². The Labute approximate surface area is 133 Å². The summed E-state index contributed by atoms with van der Waals surface area (Å²) in [5.41, 5.74) is 0.830. The SMILES string of the molecule is O=S(=O)(c1ccccc1)N(Cc1ccoc1)Cc1cccs1. The average Bonchev–Trinajstić information content (AvgIpc) is 3.21. The van der Waals surface area contributed by atoms with Crippen molar-refractivity contribution in [2.75, 3.05) is 0 Å². The van der Waals surface area contributed by atoms with Gasteiger partial charge in [0.2, 0.25) is 10.0 Å². The van der Waals surface area contributed by atoms with Crippen LogP contribution in [0.3, 0.4) is 0 Å². The first kappa shape index (κ1) is 15.0. The lowest BCUT2D eigenvalue weighted by atomic mass is 10.3. The number of furan rings is 1. The third-order valence-corrected chi connectivity index (χ3v) is 5.90. The number of hydrogen-bond donors (Lipinski definition) is 0. The van der Waals surface area contributed by atoms with E-state index in [2.05, 4.69) is 0 Å². The summed E-state index contributed by atoms with van der Waals surface area (Å²) < 4.78 is 32.3. The molecule has 0 aliphatic heterocycles. The van der Waals surface area contributed by atoms with Gasteiger partial charge in [-0.3, -0.25) is 0 Å². The predicted octanol–water partition coefficient (Wildman–Crippen LogP) is 3.73. The van der Waals surface area contributed by atoms with Gasteiger partial charge in [0, 0.05) is 23.5 Å². The number of nitrogens with zero attached hydrogens (tertiary/aromatic N) is 1. The molecule has 3 aromatic rings. The van der Waals surface area contributed by atoms with Crippen LogP contribution >= 0.6 is 11.3 Å². The molecule has 0 fully saturated rings. The Morgan fingerprint density at radius 3 is 2.45 bits per heavy atom. The van der Waals surface area contributed by atoms with Crippen molar-refractivity contribution in [2.24, 2.45) is 0 Å². The maximum atomic E-state index is 12.9. The van der Waals surface area contributed by atoms with Crippen LogP contribution in [0.2, 0.25) is 0 Å². The zero-order valence-electron chi connectivity index (χ0n) is 11.8. The van der Waals surface area contributed by atoms with Crippen LogP contribution < -0.4 is 0 Å². The number of rotatable bonds is 6. The van der Waals surface area contributed by atoms with Gasteiger partial charge >= 0.3 is 0 Å². The molecule has 2 heterocycles. The van der Waals surface area contributed by atoms with E-state index in [4.69, 9.17) is 4.42 Å². The Morgan fingerprint density at radius 2 is 1.82 bits per heavy atom. The molecule has 0 unspecified atom stereocenters. The van der Waals surface area contributed by atoms with Crippen LogP contribution in [0.15, 0.2) is 75.7 Å². The highest BCUT2D eigenvalue weighted by molar-refractivity contribution is 7.89. The summed E-state index contributed by atoms with van der Waals surface area (Å²) >= 11 is 1.55. The second-order valence-corrected chi connectivity index (χ2v) is 7.77. The van der Waals surface area contributed by atoms with Crippen LogP contribution in [0, 0.1) is 0 Å². The van der Waals surface area contributed by atoms with Crippen molar-refractivity contribution in [3.8, 4) is 0 Å². The molecule has 0 aliphatic rings. The Morgan fingerprint density at radius 1 is 1.00 bits per heavy atom. The highest BCUT2D eigenvalue weighted by Crippen LogP contribution is 2.22. The van der Waals surface area contributed by atoms with E-state index in [0.717, 1.165) is 10.4 Å². The van der Waals surface area contributed by atoms with Crippen molar-refractivity contribution >= 4 is 21.4 Å². The fourth-order valence-electron chi connectivity index (χ4n) is 2.13. The molecule has 6 heteroatoms. The predicted molar refractivity (Wildman–Crippen MR) is 85.9 cm³/mol. The van der Waals surface area contributed by atoms with Gasteiger partial charge in [0.05, 0.1) is 17.4 Å². The smallest absolute Gasteiger partial charge is 0.243 e. The minimum atomic E-state index is -3.55. The first-order valence-electron chi connectivity index (χ1n) is 6.75. The lowest BCUT2D eigenvalue weighted by Crippen LogP contribution is -2.29. The van der Waals surface area contributed by atoms with Crippen molar-refractivity contribution in [1.29, 1.82) is 0 Å². The molecule has 114 valence electrons. The summed E-state index contributed by atoms with van der Waals surface area (Å²) in [5.74, 6) is 0. The molecule has 0 radical (unpaired) electrons. The quantitative estimate of drug-likeness (QED) is 0.690. The normalized spacial score (nSPS) is 11.9. The van der Waals surface area contributed by atoms with Crippen LogP contribution in [0.5, 0.6) is 0 Å². The topological polar surface area (TPSA) is 50.5 Å². The average molecular weight is 333 g/mol. The zero-order chi connectivity index (χ0) is 15.4. The van der Waals surface area contributed by atoms with Gasteiger partial charge < -0.3 is 4.42 Å². The molecule has 3 rings (SSSR count). The van der Waals surface area contributed by atoms with Crippen LogP contribution in [0.4, 0.5) is 0 Å². The Balaban J connectivity index is 1.93. The molecule has 22 heavy (non-hydrogen) atoms. The summed E-state index contributed by atoms with van der Waals surface area (Å²) in [6.45, 7) is 0.631. The van der Waals surface area contributed by atoms with E-state index in [0.29, 0.717) is 11.4 Å². The van der Waals surface area contributed by atoms with E-state index >= 15 is 0 Å². The third kappa shape index (κ3) is 3.30. The molecule has 1 aromatic carbocycles. The first-order valence-corrected chi connectivity index (χ1v) is 9.07. The van der Waals surface area contributed by atoms with Crippen molar-refractivity contribution in [1.82, 2.24) is 4.31 Å². The molecule has 0 N–H and O–H groups in total. The molecule has 0 aliphatic carbocycles. The van der Waals surface area contributed by atoms with E-state index < -0.39 is 10.0 Å². The monoisotopic (exact) mass is 333 g/mol. The summed E-state index contributed by atoms with van der Waals surface area (Å²) in [7, 11) is -3.55. The molecule has 0 atom stereocenters. The second-order valence-electron chi connectivity index (χ2n) is 4.80. The lowest BCUT2D eigenvalue weighted by molar-refractivity contribution is 0.402. The highest BCUT2D eigenvalue weighted by atomic mass is 32.2. The van der Waals surface area contributed by atoms with Gasteiger partial charge in [-0.1, -0.05) is 24.3 Å². The largest absolute Gasteiger partial charge is 0.472 e. The summed E-state index contributed by atoms with van der Waals surface area (Å²) in [6.07, 6.45) is 3.12. The highest BCUT2D eigenvalue weighted by Gasteiger charge is 2.25. The van der Waals surface area contributed by atoms with Crippen LogP contribution in [0.25, 0.3) is 0 Å².